The second-order valence-electron chi connectivity index (χ2n) is 5.77. The van der Waals surface area contributed by atoms with E-state index in [1.807, 2.05) is 22.6 Å². The number of rotatable bonds is 5. The lowest BCUT2D eigenvalue weighted by Gasteiger charge is -2.16. The fourth-order valence-electron chi connectivity index (χ4n) is 2.72. The van der Waals surface area contributed by atoms with Gasteiger partial charge in [0, 0.05) is 16.7 Å². The van der Waals surface area contributed by atoms with Crippen molar-refractivity contribution in [3.05, 3.63) is 84.3 Å². The SMILES string of the molecule is CNc1cc(=O)n(Cc2ccc(OC)cc2)c(=O)n1-c1ccc(I)cc1F. The van der Waals surface area contributed by atoms with Crippen LogP contribution in [0.4, 0.5) is 10.2 Å². The first kappa shape index (κ1) is 19.2. The van der Waals surface area contributed by atoms with Gasteiger partial charge in [0.15, 0.2) is 0 Å². The molecule has 1 heterocycles. The van der Waals surface area contributed by atoms with Crippen LogP contribution >= 0.6 is 22.6 Å². The summed E-state index contributed by atoms with van der Waals surface area (Å²) in [4.78, 5) is 25.5. The Morgan fingerprint density at radius 3 is 2.41 bits per heavy atom. The molecule has 6 nitrogen and oxygen atoms in total. The molecule has 3 aromatic rings. The standard InChI is InChI=1S/C19H17FIN3O3/c1-22-17-10-18(25)23(11-12-3-6-14(27-2)7-4-12)19(26)24(17)16-8-5-13(21)9-15(16)20/h3-10,22H,11H2,1-2H3. The fraction of sp³-hybridized carbons (Fsp3) is 0.158. The topological polar surface area (TPSA) is 65.3 Å². The molecule has 0 amide bonds. The van der Waals surface area contributed by atoms with Gasteiger partial charge in [-0.05, 0) is 58.5 Å². The van der Waals surface area contributed by atoms with E-state index >= 15 is 0 Å². The van der Waals surface area contributed by atoms with Crippen LogP contribution in [0.3, 0.4) is 0 Å². The summed E-state index contributed by atoms with van der Waals surface area (Å²) in [5.41, 5.74) is -0.264. The van der Waals surface area contributed by atoms with Crippen LogP contribution in [0.2, 0.25) is 0 Å². The van der Waals surface area contributed by atoms with E-state index in [2.05, 4.69) is 5.32 Å². The van der Waals surface area contributed by atoms with Gasteiger partial charge in [0.05, 0.1) is 19.3 Å². The van der Waals surface area contributed by atoms with E-state index in [4.69, 9.17) is 4.74 Å². The number of methoxy groups -OCH3 is 1. The molecular formula is C19H17FIN3O3. The highest BCUT2D eigenvalue weighted by molar-refractivity contribution is 14.1. The lowest BCUT2D eigenvalue weighted by molar-refractivity contribution is 0.414. The molecule has 0 aliphatic heterocycles. The zero-order chi connectivity index (χ0) is 19.6. The molecule has 2 aromatic carbocycles. The summed E-state index contributed by atoms with van der Waals surface area (Å²) in [5, 5.41) is 2.79. The summed E-state index contributed by atoms with van der Waals surface area (Å²) in [6.07, 6.45) is 0. The zero-order valence-electron chi connectivity index (χ0n) is 14.7. The maximum atomic E-state index is 14.5. The normalized spacial score (nSPS) is 10.7. The largest absolute Gasteiger partial charge is 0.497 e. The van der Waals surface area contributed by atoms with Gasteiger partial charge in [-0.25, -0.2) is 13.8 Å². The van der Waals surface area contributed by atoms with Gasteiger partial charge in [0.1, 0.15) is 17.4 Å². The van der Waals surface area contributed by atoms with Gasteiger partial charge < -0.3 is 10.1 Å². The molecule has 8 heteroatoms. The summed E-state index contributed by atoms with van der Waals surface area (Å²) >= 11 is 1.99. The van der Waals surface area contributed by atoms with Crippen LogP contribution in [0.25, 0.3) is 5.69 Å². The predicted molar refractivity (Wildman–Crippen MR) is 111 cm³/mol. The Labute approximate surface area is 168 Å². The predicted octanol–water partition coefficient (Wildman–Crippen LogP) is 2.84. The van der Waals surface area contributed by atoms with Crippen LogP contribution in [0.15, 0.2) is 58.1 Å². The molecule has 0 unspecified atom stereocenters. The minimum atomic E-state index is -0.622. The van der Waals surface area contributed by atoms with Crippen molar-refractivity contribution in [1.29, 1.82) is 0 Å². The van der Waals surface area contributed by atoms with Crippen LogP contribution in [0.1, 0.15) is 5.56 Å². The molecule has 0 aliphatic carbocycles. The van der Waals surface area contributed by atoms with Crippen LogP contribution in [-0.2, 0) is 6.54 Å². The second kappa shape index (κ2) is 7.95. The molecule has 0 atom stereocenters. The van der Waals surface area contributed by atoms with Crippen LogP contribution in [0, 0.1) is 9.39 Å². The zero-order valence-corrected chi connectivity index (χ0v) is 16.9. The monoisotopic (exact) mass is 481 g/mol. The highest BCUT2D eigenvalue weighted by Crippen LogP contribution is 2.18. The summed E-state index contributed by atoms with van der Waals surface area (Å²) < 4.78 is 22.5. The van der Waals surface area contributed by atoms with Crippen molar-refractivity contribution in [2.45, 2.75) is 6.54 Å². The smallest absolute Gasteiger partial charge is 0.337 e. The Balaban J connectivity index is 2.15. The van der Waals surface area contributed by atoms with E-state index in [0.29, 0.717) is 9.32 Å². The van der Waals surface area contributed by atoms with Gasteiger partial charge in [-0.15, -0.1) is 0 Å². The average molecular weight is 481 g/mol. The van der Waals surface area contributed by atoms with E-state index < -0.39 is 17.1 Å². The number of nitrogens with zero attached hydrogens (tertiary/aromatic N) is 2. The van der Waals surface area contributed by atoms with Crippen LogP contribution in [-0.4, -0.2) is 23.3 Å². The number of ether oxygens (including phenoxy) is 1. The lowest BCUT2D eigenvalue weighted by atomic mass is 10.2. The molecule has 3 rings (SSSR count). The molecule has 0 fully saturated rings. The third-order valence-electron chi connectivity index (χ3n) is 4.10. The Morgan fingerprint density at radius 1 is 1.11 bits per heavy atom. The number of nitrogens with one attached hydrogen (secondary N) is 1. The Morgan fingerprint density at radius 2 is 1.81 bits per heavy atom. The molecule has 0 radical (unpaired) electrons. The maximum absolute atomic E-state index is 14.5. The quantitative estimate of drug-likeness (QED) is 0.570. The Kier molecular flexibility index (Phi) is 5.64. The van der Waals surface area contributed by atoms with E-state index in [9.17, 15) is 14.0 Å². The Hall–Kier alpha value is -2.62. The summed E-state index contributed by atoms with van der Waals surface area (Å²) in [7, 11) is 3.13. The maximum Gasteiger partial charge on any atom is 0.337 e. The minimum absolute atomic E-state index is 0.0671. The van der Waals surface area contributed by atoms with Crippen molar-refractivity contribution in [2.24, 2.45) is 0 Å². The molecule has 1 aromatic heterocycles. The summed E-state index contributed by atoms with van der Waals surface area (Å²) in [6, 6.07) is 12.9. The van der Waals surface area contributed by atoms with Crippen molar-refractivity contribution in [3.63, 3.8) is 0 Å². The molecule has 0 spiro atoms. The van der Waals surface area contributed by atoms with E-state index in [0.717, 1.165) is 14.7 Å². The number of benzene rings is 2. The molecule has 0 saturated heterocycles. The first-order valence-electron chi connectivity index (χ1n) is 8.07. The fourth-order valence-corrected chi connectivity index (χ4v) is 3.17. The van der Waals surface area contributed by atoms with Crippen molar-refractivity contribution >= 4 is 28.4 Å². The van der Waals surface area contributed by atoms with Gasteiger partial charge in [-0.1, -0.05) is 12.1 Å². The van der Waals surface area contributed by atoms with Crippen molar-refractivity contribution in [1.82, 2.24) is 9.13 Å². The molecular weight excluding hydrogens is 464 g/mol. The average Bonchev–Trinajstić information content (AvgIpc) is 2.66. The second-order valence-corrected chi connectivity index (χ2v) is 7.01. The van der Waals surface area contributed by atoms with Gasteiger partial charge in [0.25, 0.3) is 5.56 Å². The first-order valence-corrected chi connectivity index (χ1v) is 9.15. The highest BCUT2D eigenvalue weighted by atomic mass is 127. The number of hydrogen-bond donors (Lipinski definition) is 1. The Bertz CT molecular complexity index is 1090. The van der Waals surface area contributed by atoms with Crippen LogP contribution in [0.5, 0.6) is 5.75 Å². The van der Waals surface area contributed by atoms with E-state index in [1.54, 1.807) is 44.5 Å². The number of halogens is 2. The van der Waals surface area contributed by atoms with Crippen molar-refractivity contribution < 1.29 is 9.13 Å². The first-order chi connectivity index (χ1) is 12.9. The van der Waals surface area contributed by atoms with Gasteiger partial charge in [-0.3, -0.25) is 9.36 Å². The lowest BCUT2D eigenvalue weighted by Crippen LogP contribution is -2.40. The van der Waals surface area contributed by atoms with Crippen molar-refractivity contribution in [2.75, 3.05) is 19.5 Å². The molecule has 0 bridgehead atoms. The number of aromatic nitrogens is 2. The third kappa shape index (κ3) is 3.90. The van der Waals surface area contributed by atoms with Crippen LogP contribution < -0.4 is 21.3 Å². The van der Waals surface area contributed by atoms with Gasteiger partial charge >= 0.3 is 5.69 Å². The molecule has 27 heavy (non-hydrogen) atoms. The molecule has 140 valence electrons. The minimum Gasteiger partial charge on any atom is -0.497 e. The number of hydrogen-bond acceptors (Lipinski definition) is 4. The van der Waals surface area contributed by atoms with E-state index in [1.165, 1.54) is 18.2 Å². The molecule has 0 aliphatic rings. The van der Waals surface area contributed by atoms with E-state index in [-0.39, 0.29) is 18.1 Å². The van der Waals surface area contributed by atoms with Crippen molar-refractivity contribution in [3.8, 4) is 11.4 Å². The third-order valence-corrected chi connectivity index (χ3v) is 4.77. The van der Waals surface area contributed by atoms with Gasteiger partial charge in [-0.2, -0.15) is 0 Å². The summed E-state index contributed by atoms with van der Waals surface area (Å²) in [5.74, 6) is 0.348. The molecule has 0 saturated carbocycles. The highest BCUT2D eigenvalue weighted by Gasteiger charge is 2.16. The molecule has 1 N–H and O–H groups in total. The number of anilines is 1. The van der Waals surface area contributed by atoms with Gasteiger partial charge in [0.2, 0.25) is 0 Å². The summed E-state index contributed by atoms with van der Waals surface area (Å²) in [6.45, 7) is 0.0671.